The third kappa shape index (κ3) is 12.1. The number of carbonyl (C=O) groups excluding carboxylic acids is 8. The number of nitrogens with one attached hydrogen (secondary N) is 6. The van der Waals surface area contributed by atoms with Crippen LogP contribution >= 0.6 is 46.0 Å². The van der Waals surface area contributed by atoms with Gasteiger partial charge in [0.05, 0.1) is 40.5 Å². The molecule has 0 spiro atoms. The maximum absolute atomic E-state index is 14.4. The van der Waals surface area contributed by atoms with Crippen molar-refractivity contribution in [2.45, 2.75) is 104 Å². The molecular weight excluding hydrogens is 1050 g/mol. The van der Waals surface area contributed by atoms with E-state index in [1.807, 2.05) is 37.5 Å². The van der Waals surface area contributed by atoms with Crippen LogP contribution in [-0.2, 0) is 38.4 Å². The number of nitrogens with two attached hydrogens (primary N) is 1. The Bertz CT molecular complexity index is 3130. The number of thiazole rings is 1. The van der Waals surface area contributed by atoms with Crippen LogP contribution in [0.25, 0.3) is 15.4 Å². The van der Waals surface area contributed by atoms with Crippen LogP contribution in [0.1, 0.15) is 96.6 Å². The molecule has 2 aromatic carbocycles. The number of hydrogen-bond acceptors (Lipinski definition) is 15. The lowest BCUT2D eigenvalue weighted by molar-refractivity contribution is -0.144. The van der Waals surface area contributed by atoms with Gasteiger partial charge in [0.15, 0.2) is 12.0 Å². The molecule has 8 N–H and O–H groups in total. The Morgan fingerprint density at radius 1 is 0.868 bits per heavy atom. The van der Waals surface area contributed by atoms with E-state index in [-0.39, 0.29) is 24.5 Å². The lowest BCUT2D eigenvalue weighted by Crippen LogP contribution is -2.61. The van der Waals surface area contributed by atoms with Gasteiger partial charge in [0.1, 0.15) is 41.0 Å². The molecule has 0 aliphatic carbocycles. The number of halogens is 1. The van der Waals surface area contributed by atoms with Crippen molar-refractivity contribution in [2.75, 3.05) is 24.6 Å². The lowest BCUT2D eigenvalue weighted by atomic mass is 9.85. The van der Waals surface area contributed by atoms with Crippen LogP contribution < -0.4 is 37.6 Å². The molecule has 5 aromatic rings. The van der Waals surface area contributed by atoms with Crippen molar-refractivity contribution in [3.63, 3.8) is 0 Å². The standard InChI is InChI=1S/C51H58ClN13O8S3/c1-24-26(3)76-50-38(24)39(28-14-16-31(52)17-15-28)56-32(45-63-62-27(4)65(45)50)19-35(66)59-44-48(72)57-33(43(53)69)21-74-22-37(68)58-42(51(5,6)7)49(73)64-18-8-9-34(64)46(70)61-40(47(71)54-20-36(67)60-44)29-10-12-30(13-11-29)41-25(2)55-23-75-41/h10-17,23,32-34,40,42,44H,8-9,18-22H2,1-7H3,(H2,53,69)(H,54,71)(H,57,72)(H,58,68)(H,59,66)(H,60,67)(H,61,70)/t32-,33+,34-,40+,42?,44+/m0/s1. The summed E-state index contributed by atoms with van der Waals surface area (Å²) < 4.78 is 1.84. The van der Waals surface area contributed by atoms with Crippen molar-refractivity contribution in [1.82, 2.24) is 56.5 Å². The highest BCUT2D eigenvalue weighted by atomic mass is 35.5. The van der Waals surface area contributed by atoms with E-state index in [1.165, 1.54) is 27.6 Å². The molecule has 0 radical (unpaired) electrons. The maximum atomic E-state index is 14.4. The Balaban J connectivity index is 1.10. The van der Waals surface area contributed by atoms with Gasteiger partial charge in [-0.05, 0) is 74.8 Å². The predicted octanol–water partition coefficient (Wildman–Crippen LogP) is 3.39. The molecule has 3 aliphatic rings. The maximum Gasteiger partial charge on any atom is 0.264 e. The molecule has 21 nitrogen and oxygen atoms in total. The number of thiophene rings is 1. The third-order valence-electron chi connectivity index (χ3n) is 13.3. The zero-order valence-corrected chi connectivity index (χ0v) is 45.9. The van der Waals surface area contributed by atoms with E-state index in [2.05, 4.69) is 47.1 Å². The first-order valence-electron chi connectivity index (χ1n) is 24.4. The van der Waals surface area contributed by atoms with Crippen LogP contribution in [0.15, 0.2) is 59.0 Å². The van der Waals surface area contributed by atoms with Gasteiger partial charge in [-0.1, -0.05) is 68.8 Å². The molecule has 0 bridgehead atoms. The van der Waals surface area contributed by atoms with E-state index in [0.717, 1.165) is 48.9 Å². The fourth-order valence-electron chi connectivity index (χ4n) is 9.16. The number of aryl methyl sites for hydroxylation is 3. The van der Waals surface area contributed by atoms with E-state index in [1.54, 1.807) is 69.6 Å². The van der Waals surface area contributed by atoms with Crippen LogP contribution in [-0.4, -0.2) is 127 Å². The van der Waals surface area contributed by atoms with Gasteiger partial charge in [-0.2, -0.15) is 0 Å². The second-order valence-corrected chi connectivity index (χ2v) is 23.3. The molecule has 8 amide bonds. The molecule has 76 heavy (non-hydrogen) atoms. The average Bonchev–Trinajstić information content (AvgIpc) is 4.21. The summed E-state index contributed by atoms with van der Waals surface area (Å²) in [5.74, 6) is -5.93. The fourth-order valence-corrected chi connectivity index (χ4v) is 12.2. The van der Waals surface area contributed by atoms with Crippen molar-refractivity contribution in [2.24, 2.45) is 16.1 Å². The number of carbonyl (C=O) groups is 8. The van der Waals surface area contributed by atoms with E-state index < -0.39 is 102 Å². The van der Waals surface area contributed by atoms with Gasteiger partial charge in [0, 0.05) is 33.3 Å². The summed E-state index contributed by atoms with van der Waals surface area (Å²) in [5.41, 5.74) is 11.7. The summed E-state index contributed by atoms with van der Waals surface area (Å²) in [5, 5.41) is 25.8. The van der Waals surface area contributed by atoms with E-state index in [4.69, 9.17) is 22.3 Å². The number of aliphatic imine (C=N–C) groups is 1. The van der Waals surface area contributed by atoms with Crippen molar-refractivity contribution >= 4 is 99.0 Å². The summed E-state index contributed by atoms with van der Waals surface area (Å²) in [6.45, 7) is 12.4. The molecule has 8 rings (SSSR count). The average molecular weight is 1110 g/mol. The molecule has 2 saturated heterocycles. The highest BCUT2D eigenvalue weighted by molar-refractivity contribution is 8.00. The Morgan fingerprint density at radius 3 is 2.25 bits per heavy atom. The summed E-state index contributed by atoms with van der Waals surface area (Å²) in [6.07, 6.45) is -1.55. The van der Waals surface area contributed by atoms with Gasteiger partial charge in [0.25, 0.3) is 5.91 Å². The molecule has 0 saturated carbocycles. The van der Waals surface area contributed by atoms with Gasteiger partial charge in [-0.15, -0.1) is 44.6 Å². The third-order valence-corrected chi connectivity index (χ3v) is 16.7. The molecule has 1 unspecified atom stereocenters. The number of benzene rings is 2. The first-order chi connectivity index (χ1) is 36.1. The highest BCUT2D eigenvalue weighted by Crippen LogP contribution is 2.40. The van der Waals surface area contributed by atoms with Crippen molar-refractivity contribution < 1.29 is 38.4 Å². The molecule has 3 aliphatic heterocycles. The Labute approximate surface area is 455 Å². The molecule has 6 heterocycles. The van der Waals surface area contributed by atoms with Crippen LogP contribution in [0.5, 0.6) is 0 Å². The van der Waals surface area contributed by atoms with Gasteiger partial charge < -0.3 is 42.5 Å². The van der Waals surface area contributed by atoms with Crippen LogP contribution in [0.2, 0.25) is 5.02 Å². The van der Waals surface area contributed by atoms with Crippen LogP contribution in [0.3, 0.4) is 0 Å². The minimum atomic E-state index is -1.87. The summed E-state index contributed by atoms with van der Waals surface area (Å²) in [4.78, 5) is 125. The Hall–Kier alpha value is -7.02. The van der Waals surface area contributed by atoms with Gasteiger partial charge in [0.2, 0.25) is 41.4 Å². The summed E-state index contributed by atoms with van der Waals surface area (Å²) in [6, 6.07) is 8.08. The van der Waals surface area contributed by atoms with Gasteiger partial charge in [-0.25, -0.2) is 4.98 Å². The second kappa shape index (κ2) is 23.1. The van der Waals surface area contributed by atoms with E-state index >= 15 is 0 Å². The summed E-state index contributed by atoms with van der Waals surface area (Å²) in [7, 11) is 0. The number of hydrogen-bond donors (Lipinski definition) is 7. The smallest absolute Gasteiger partial charge is 0.264 e. The number of amides is 8. The Kier molecular flexibility index (Phi) is 16.8. The van der Waals surface area contributed by atoms with E-state index in [0.29, 0.717) is 39.9 Å². The van der Waals surface area contributed by atoms with Gasteiger partial charge in [-0.3, -0.25) is 47.9 Å². The molecule has 6 atom stereocenters. The topological polar surface area (TPSA) is 294 Å². The number of aromatic nitrogens is 4. The number of rotatable bonds is 7. The van der Waals surface area contributed by atoms with Crippen molar-refractivity contribution in [3.8, 4) is 15.4 Å². The highest BCUT2D eigenvalue weighted by Gasteiger charge is 2.43. The van der Waals surface area contributed by atoms with Crippen LogP contribution in [0.4, 0.5) is 0 Å². The molecule has 25 heteroatoms. The normalized spacial score (nSPS) is 22.3. The molecular formula is C51H58ClN13O8S3. The number of nitrogens with zero attached hydrogens (tertiary/aromatic N) is 6. The first-order valence-corrected chi connectivity index (χ1v) is 27.6. The number of fused-ring (bicyclic) bond motifs is 4. The monoisotopic (exact) mass is 1110 g/mol. The zero-order valence-electron chi connectivity index (χ0n) is 42.7. The van der Waals surface area contributed by atoms with E-state index in [9.17, 15) is 38.4 Å². The minimum absolute atomic E-state index is 0.209. The SMILES string of the molecule is Cc1ncsc1-c1ccc([C@H]2NC(=O)[C@@H]3CCCN3C(=O)C(C(C)(C)C)NC(=O)CSC[C@H](C(N)=O)NC(=O)[C@H](NC(=O)C[C@@H]3N=C(c4ccc(Cl)cc4)c4c(sc(C)c4C)-n4c(C)nnc43)NC(=O)CNC2=O)cc1. The second-order valence-electron chi connectivity index (χ2n) is 19.8. The van der Waals surface area contributed by atoms with Crippen LogP contribution in [0, 0.1) is 33.1 Å². The molecule has 3 aromatic heterocycles. The van der Waals surface area contributed by atoms with Gasteiger partial charge >= 0.3 is 0 Å². The zero-order chi connectivity index (χ0) is 54.7. The lowest BCUT2D eigenvalue weighted by Gasteiger charge is -2.35. The largest absolute Gasteiger partial charge is 0.368 e. The predicted molar refractivity (Wildman–Crippen MR) is 289 cm³/mol. The quantitative estimate of drug-likeness (QED) is 0.124. The number of thioether (sulfide) groups is 1. The summed E-state index contributed by atoms with van der Waals surface area (Å²) >= 11 is 10.2. The Morgan fingerprint density at radius 2 is 1.58 bits per heavy atom. The molecule has 400 valence electrons. The number of primary amides is 1. The van der Waals surface area contributed by atoms with Crippen molar-refractivity contribution in [1.29, 1.82) is 0 Å². The van der Waals surface area contributed by atoms with Crippen molar-refractivity contribution in [3.05, 3.63) is 104 Å². The molecule has 2 fully saturated rings. The minimum Gasteiger partial charge on any atom is -0.368 e. The first kappa shape index (κ1) is 55.2. The fraction of sp³-hybridized carbons (Fsp3) is 0.412.